The number of para-hydroxylation sites is 2. The van der Waals surface area contributed by atoms with Gasteiger partial charge in [0.2, 0.25) is 0 Å². The van der Waals surface area contributed by atoms with Gasteiger partial charge in [-0.05, 0) is 35.9 Å². The monoisotopic (exact) mass is 327 g/mol. The van der Waals surface area contributed by atoms with Crippen molar-refractivity contribution < 1.29 is 23.5 Å². The first-order valence-electron chi connectivity index (χ1n) is 7.21. The van der Waals surface area contributed by atoms with Crippen LogP contribution in [0.15, 0.2) is 54.3 Å². The first-order valence-corrected chi connectivity index (χ1v) is 7.21. The number of methoxy groups -OCH3 is 1. The highest BCUT2D eigenvalue weighted by Gasteiger charge is 2.31. The molecule has 0 aliphatic carbocycles. The van der Waals surface area contributed by atoms with Crippen LogP contribution in [-0.4, -0.2) is 25.5 Å². The first kappa shape index (κ1) is 15.7. The van der Waals surface area contributed by atoms with Crippen molar-refractivity contribution in [2.75, 3.05) is 18.6 Å². The third kappa shape index (κ3) is 3.12. The summed E-state index contributed by atoms with van der Waals surface area (Å²) in [7, 11) is 1.25. The zero-order chi connectivity index (χ0) is 17.1. The Morgan fingerprint density at radius 3 is 2.79 bits per heavy atom. The number of esters is 1. The topological polar surface area (TPSA) is 55.8 Å². The lowest BCUT2D eigenvalue weighted by atomic mass is 10.1. The normalized spacial score (nSPS) is 15.0. The molecule has 1 amide bonds. The number of nitrogens with zero attached hydrogens (tertiary/aromatic N) is 1. The number of rotatable bonds is 3. The Kier molecular flexibility index (Phi) is 4.29. The Balaban J connectivity index is 2.01. The van der Waals surface area contributed by atoms with Crippen molar-refractivity contribution in [1.29, 1.82) is 0 Å². The second-order valence-corrected chi connectivity index (χ2v) is 5.10. The summed E-state index contributed by atoms with van der Waals surface area (Å²) in [5, 5.41) is 0. The van der Waals surface area contributed by atoms with Crippen LogP contribution in [0.1, 0.15) is 5.56 Å². The molecule has 1 heterocycles. The molecule has 3 rings (SSSR count). The molecule has 0 unspecified atom stereocenters. The van der Waals surface area contributed by atoms with E-state index in [1.54, 1.807) is 30.3 Å². The minimum atomic E-state index is -0.551. The van der Waals surface area contributed by atoms with Gasteiger partial charge < -0.3 is 9.47 Å². The highest BCUT2D eigenvalue weighted by molar-refractivity contribution is 6.11. The van der Waals surface area contributed by atoms with Crippen molar-refractivity contribution >= 4 is 23.6 Å². The highest BCUT2D eigenvalue weighted by Crippen LogP contribution is 2.35. The maximum atomic E-state index is 13.3. The molecule has 24 heavy (non-hydrogen) atoms. The minimum Gasteiger partial charge on any atom is -0.468 e. The lowest BCUT2D eigenvalue weighted by Crippen LogP contribution is -2.41. The van der Waals surface area contributed by atoms with Crippen molar-refractivity contribution in [2.24, 2.45) is 0 Å². The maximum absolute atomic E-state index is 13.3. The molecule has 2 aromatic carbocycles. The number of carbonyl (C=O) groups excluding carboxylic acids is 2. The third-order valence-electron chi connectivity index (χ3n) is 3.49. The van der Waals surface area contributed by atoms with Gasteiger partial charge in [0.25, 0.3) is 5.91 Å². The second-order valence-electron chi connectivity index (χ2n) is 5.10. The fraction of sp³-hybridized carbons (Fsp3) is 0.111. The Labute approximate surface area is 137 Å². The summed E-state index contributed by atoms with van der Waals surface area (Å²) in [6, 6.07) is 12.6. The molecule has 0 radical (unpaired) electrons. The molecule has 6 heteroatoms. The largest absolute Gasteiger partial charge is 0.468 e. The molecule has 0 spiro atoms. The van der Waals surface area contributed by atoms with Gasteiger partial charge in [-0.3, -0.25) is 14.5 Å². The van der Waals surface area contributed by atoms with Gasteiger partial charge in [-0.2, -0.15) is 0 Å². The van der Waals surface area contributed by atoms with Gasteiger partial charge in [0.15, 0.2) is 11.5 Å². The van der Waals surface area contributed by atoms with E-state index in [1.807, 2.05) is 0 Å². The van der Waals surface area contributed by atoms with Crippen LogP contribution >= 0.6 is 0 Å². The van der Waals surface area contributed by atoms with E-state index < -0.39 is 17.7 Å². The number of amides is 1. The third-order valence-corrected chi connectivity index (χ3v) is 3.49. The first-order chi connectivity index (χ1) is 11.6. The molecule has 0 saturated carbocycles. The second kappa shape index (κ2) is 6.54. The van der Waals surface area contributed by atoms with Gasteiger partial charge in [0, 0.05) is 0 Å². The molecule has 1 aliphatic rings. The number of fused-ring (bicyclic) bond motifs is 1. The summed E-state index contributed by atoms with van der Waals surface area (Å²) in [4.78, 5) is 25.6. The summed E-state index contributed by atoms with van der Waals surface area (Å²) in [5.41, 5.74) is 0.958. The van der Waals surface area contributed by atoms with E-state index in [4.69, 9.17) is 4.74 Å². The van der Waals surface area contributed by atoms with Gasteiger partial charge >= 0.3 is 5.97 Å². The zero-order valence-corrected chi connectivity index (χ0v) is 12.9. The van der Waals surface area contributed by atoms with Gasteiger partial charge in [-0.25, -0.2) is 4.39 Å². The molecule has 1 aliphatic heterocycles. The molecule has 0 bridgehead atoms. The number of halogens is 1. The van der Waals surface area contributed by atoms with Crippen LogP contribution in [0, 0.1) is 5.82 Å². The predicted molar refractivity (Wildman–Crippen MR) is 85.8 cm³/mol. The van der Waals surface area contributed by atoms with Crippen LogP contribution in [0.5, 0.6) is 5.75 Å². The van der Waals surface area contributed by atoms with Crippen LogP contribution in [0.3, 0.4) is 0 Å². The molecule has 0 atom stereocenters. The molecule has 0 saturated heterocycles. The van der Waals surface area contributed by atoms with E-state index in [0.717, 1.165) is 0 Å². The number of benzene rings is 2. The molecular weight excluding hydrogens is 313 g/mol. The quantitative estimate of drug-likeness (QED) is 0.642. The van der Waals surface area contributed by atoms with Crippen LogP contribution in [0.2, 0.25) is 0 Å². The number of anilines is 1. The van der Waals surface area contributed by atoms with E-state index in [2.05, 4.69) is 4.74 Å². The van der Waals surface area contributed by atoms with Gasteiger partial charge in [0.1, 0.15) is 12.4 Å². The Morgan fingerprint density at radius 2 is 2.04 bits per heavy atom. The van der Waals surface area contributed by atoms with Crippen molar-refractivity contribution in [3.05, 3.63) is 65.7 Å². The molecule has 0 N–H and O–H groups in total. The Bertz CT molecular complexity index is 831. The highest BCUT2D eigenvalue weighted by atomic mass is 19.1. The van der Waals surface area contributed by atoms with E-state index in [9.17, 15) is 14.0 Å². The lowest BCUT2D eigenvalue weighted by Gasteiger charge is -2.29. The number of hydrogen-bond acceptors (Lipinski definition) is 4. The van der Waals surface area contributed by atoms with Crippen molar-refractivity contribution in [3.8, 4) is 5.75 Å². The summed E-state index contributed by atoms with van der Waals surface area (Å²) in [6.45, 7) is -0.240. The number of hydrogen-bond donors (Lipinski definition) is 0. The van der Waals surface area contributed by atoms with Crippen LogP contribution in [0.4, 0.5) is 10.1 Å². The number of carbonyl (C=O) groups is 2. The van der Waals surface area contributed by atoms with Crippen LogP contribution in [0.25, 0.3) is 6.08 Å². The number of ether oxygens (including phenoxy) is 2. The summed E-state index contributed by atoms with van der Waals surface area (Å²) in [5.74, 6) is -1.03. The van der Waals surface area contributed by atoms with E-state index in [1.165, 1.54) is 36.3 Å². The fourth-order valence-corrected chi connectivity index (χ4v) is 2.36. The molecule has 2 aromatic rings. The average Bonchev–Trinajstić information content (AvgIpc) is 2.58. The maximum Gasteiger partial charge on any atom is 0.325 e. The van der Waals surface area contributed by atoms with Gasteiger partial charge in [-0.1, -0.05) is 24.3 Å². The molecule has 5 nitrogen and oxygen atoms in total. The SMILES string of the molecule is COC(=O)CN1C(=O)C(=Cc2cccc(F)c2)Oc2ccccc21. The standard InChI is InChI=1S/C18H14FNO4/c1-23-17(21)11-20-14-7-2-3-8-15(14)24-16(18(20)22)10-12-5-4-6-13(19)9-12/h2-10H,11H2,1H3. The zero-order valence-electron chi connectivity index (χ0n) is 12.9. The molecular formula is C18H14FNO4. The smallest absolute Gasteiger partial charge is 0.325 e. The van der Waals surface area contributed by atoms with Crippen molar-refractivity contribution in [1.82, 2.24) is 0 Å². The summed E-state index contributed by atoms with van der Waals surface area (Å²) < 4.78 is 23.6. The summed E-state index contributed by atoms with van der Waals surface area (Å²) >= 11 is 0. The molecule has 0 fully saturated rings. The van der Waals surface area contributed by atoms with E-state index >= 15 is 0 Å². The van der Waals surface area contributed by atoms with E-state index in [0.29, 0.717) is 17.0 Å². The van der Waals surface area contributed by atoms with E-state index in [-0.39, 0.29) is 12.3 Å². The van der Waals surface area contributed by atoms with Crippen LogP contribution in [-0.2, 0) is 14.3 Å². The fourth-order valence-electron chi connectivity index (χ4n) is 2.36. The molecule has 122 valence electrons. The lowest BCUT2D eigenvalue weighted by molar-refractivity contribution is -0.140. The predicted octanol–water partition coefficient (Wildman–Crippen LogP) is 2.77. The van der Waals surface area contributed by atoms with Crippen molar-refractivity contribution in [3.63, 3.8) is 0 Å². The minimum absolute atomic E-state index is 0.00297. The van der Waals surface area contributed by atoms with Gasteiger partial charge in [0.05, 0.1) is 12.8 Å². The van der Waals surface area contributed by atoms with Gasteiger partial charge in [-0.15, -0.1) is 0 Å². The molecule has 0 aromatic heterocycles. The Morgan fingerprint density at radius 1 is 1.25 bits per heavy atom. The van der Waals surface area contributed by atoms with Crippen molar-refractivity contribution in [2.45, 2.75) is 0 Å². The van der Waals surface area contributed by atoms with Crippen LogP contribution < -0.4 is 9.64 Å². The Hall–Kier alpha value is -3.15. The average molecular weight is 327 g/mol. The summed E-state index contributed by atoms with van der Waals surface area (Å²) in [6.07, 6.45) is 1.44.